The second kappa shape index (κ2) is 4.98. The SMILES string of the molecule is C[S@@](=O)C1(CNC(=O)c2ccnc3ccccc23)CC1. The molecule has 1 N–H and O–H groups in total. The van der Waals surface area contributed by atoms with Crippen LogP contribution in [0.2, 0.25) is 0 Å². The van der Waals surface area contributed by atoms with Gasteiger partial charge in [-0.3, -0.25) is 14.0 Å². The van der Waals surface area contributed by atoms with Crippen LogP contribution < -0.4 is 5.32 Å². The average Bonchev–Trinajstić information content (AvgIpc) is 3.25. The van der Waals surface area contributed by atoms with Crippen LogP contribution in [0.3, 0.4) is 0 Å². The summed E-state index contributed by atoms with van der Waals surface area (Å²) in [5.74, 6) is -0.125. The Morgan fingerprint density at radius 3 is 2.80 bits per heavy atom. The molecule has 1 heterocycles. The molecule has 20 heavy (non-hydrogen) atoms. The van der Waals surface area contributed by atoms with Crippen molar-refractivity contribution < 1.29 is 9.00 Å². The first kappa shape index (κ1) is 13.2. The highest BCUT2D eigenvalue weighted by Crippen LogP contribution is 2.40. The van der Waals surface area contributed by atoms with E-state index >= 15 is 0 Å². The molecule has 0 aliphatic heterocycles. The fraction of sp³-hybridized carbons (Fsp3) is 0.333. The highest BCUT2D eigenvalue weighted by molar-refractivity contribution is 7.86. The van der Waals surface area contributed by atoms with Crippen LogP contribution in [-0.2, 0) is 10.8 Å². The summed E-state index contributed by atoms with van der Waals surface area (Å²) in [6.07, 6.45) is 5.20. The molecule has 1 aromatic heterocycles. The van der Waals surface area contributed by atoms with Crippen LogP contribution in [0.15, 0.2) is 36.5 Å². The van der Waals surface area contributed by atoms with Crippen molar-refractivity contribution in [3.05, 3.63) is 42.1 Å². The number of carbonyl (C=O) groups is 1. The highest BCUT2D eigenvalue weighted by atomic mass is 32.2. The molecule has 1 atom stereocenters. The van der Waals surface area contributed by atoms with Crippen LogP contribution in [0, 0.1) is 0 Å². The molecule has 1 aromatic carbocycles. The van der Waals surface area contributed by atoms with Crippen molar-refractivity contribution in [3.63, 3.8) is 0 Å². The van der Waals surface area contributed by atoms with E-state index < -0.39 is 10.8 Å². The summed E-state index contributed by atoms with van der Waals surface area (Å²) in [5.41, 5.74) is 1.42. The monoisotopic (exact) mass is 288 g/mol. The second-order valence-electron chi connectivity index (χ2n) is 5.20. The number of amides is 1. The molecule has 2 aromatic rings. The van der Waals surface area contributed by atoms with Crippen LogP contribution in [-0.4, -0.2) is 32.6 Å². The van der Waals surface area contributed by atoms with Crippen LogP contribution in [0.4, 0.5) is 0 Å². The molecule has 4 nitrogen and oxygen atoms in total. The Bertz CT molecular complexity index is 690. The van der Waals surface area contributed by atoms with Gasteiger partial charge in [-0.05, 0) is 25.0 Å². The molecule has 104 valence electrons. The Kier molecular flexibility index (Phi) is 3.30. The minimum Gasteiger partial charge on any atom is -0.351 e. The Balaban J connectivity index is 1.81. The van der Waals surface area contributed by atoms with E-state index in [0.29, 0.717) is 12.1 Å². The van der Waals surface area contributed by atoms with Gasteiger partial charge in [-0.2, -0.15) is 0 Å². The topological polar surface area (TPSA) is 59.1 Å². The molecular weight excluding hydrogens is 272 g/mol. The van der Waals surface area contributed by atoms with Gasteiger partial charge >= 0.3 is 0 Å². The number of para-hydroxylation sites is 1. The molecule has 1 aliphatic carbocycles. The van der Waals surface area contributed by atoms with E-state index in [1.165, 1.54) is 0 Å². The summed E-state index contributed by atoms with van der Waals surface area (Å²) in [7, 11) is -0.892. The molecule has 3 rings (SSSR count). The maximum absolute atomic E-state index is 12.3. The van der Waals surface area contributed by atoms with Gasteiger partial charge < -0.3 is 5.32 Å². The molecule has 0 radical (unpaired) electrons. The van der Waals surface area contributed by atoms with Crippen molar-refractivity contribution in [3.8, 4) is 0 Å². The quantitative estimate of drug-likeness (QED) is 0.934. The number of nitrogens with one attached hydrogen (secondary N) is 1. The molecule has 0 bridgehead atoms. The van der Waals surface area contributed by atoms with E-state index in [2.05, 4.69) is 10.3 Å². The normalized spacial score (nSPS) is 17.6. The number of aromatic nitrogens is 1. The van der Waals surface area contributed by atoms with E-state index in [1.807, 2.05) is 24.3 Å². The minimum absolute atomic E-state index is 0.125. The van der Waals surface area contributed by atoms with Crippen LogP contribution in [0.5, 0.6) is 0 Å². The first-order valence-electron chi connectivity index (χ1n) is 6.58. The van der Waals surface area contributed by atoms with Gasteiger partial charge in [0.1, 0.15) is 0 Å². The predicted molar refractivity (Wildman–Crippen MR) is 80.1 cm³/mol. The zero-order valence-corrected chi connectivity index (χ0v) is 12.1. The zero-order valence-electron chi connectivity index (χ0n) is 11.3. The van der Waals surface area contributed by atoms with Crippen molar-refractivity contribution in [1.29, 1.82) is 0 Å². The number of fused-ring (bicyclic) bond motifs is 1. The maximum Gasteiger partial charge on any atom is 0.252 e. The van der Waals surface area contributed by atoms with E-state index in [1.54, 1.807) is 18.5 Å². The van der Waals surface area contributed by atoms with E-state index in [0.717, 1.165) is 23.7 Å². The first-order chi connectivity index (χ1) is 9.62. The minimum atomic E-state index is -0.892. The van der Waals surface area contributed by atoms with Gasteiger partial charge in [-0.25, -0.2) is 0 Å². The number of hydrogen-bond acceptors (Lipinski definition) is 3. The fourth-order valence-corrected chi connectivity index (χ4v) is 3.29. The van der Waals surface area contributed by atoms with E-state index in [9.17, 15) is 9.00 Å². The number of hydrogen-bond donors (Lipinski definition) is 1. The molecule has 0 unspecified atom stereocenters. The van der Waals surface area contributed by atoms with Gasteiger partial charge in [-0.15, -0.1) is 0 Å². The smallest absolute Gasteiger partial charge is 0.252 e. The molecule has 0 spiro atoms. The molecule has 1 aliphatic rings. The highest BCUT2D eigenvalue weighted by Gasteiger charge is 2.46. The first-order valence-corrected chi connectivity index (χ1v) is 8.14. The Morgan fingerprint density at radius 2 is 2.10 bits per heavy atom. The van der Waals surface area contributed by atoms with Crippen molar-refractivity contribution in [1.82, 2.24) is 10.3 Å². The second-order valence-corrected chi connectivity index (χ2v) is 6.97. The van der Waals surface area contributed by atoms with Crippen molar-refractivity contribution in [2.75, 3.05) is 12.8 Å². The molecule has 0 saturated heterocycles. The number of pyridine rings is 1. The number of nitrogens with zero attached hydrogens (tertiary/aromatic N) is 1. The fourth-order valence-electron chi connectivity index (χ4n) is 2.34. The summed E-state index contributed by atoms with van der Waals surface area (Å²) in [5, 5.41) is 3.76. The molecule has 5 heteroatoms. The largest absolute Gasteiger partial charge is 0.351 e. The van der Waals surface area contributed by atoms with Crippen molar-refractivity contribution in [2.24, 2.45) is 0 Å². The standard InChI is InChI=1S/C15H16N2O2S/c1-20(19)15(7-8-15)10-17-14(18)12-6-9-16-13-5-3-2-4-11(12)13/h2-6,9H,7-8,10H2,1H3,(H,17,18)/t20-/m1/s1. The predicted octanol–water partition coefficient (Wildman–Crippen LogP) is 1.88. The maximum atomic E-state index is 12.3. The van der Waals surface area contributed by atoms with E-state index in [4.69, 9.17) is 0 Å². The van der Waals surface area contributed by atoms with Gasteiger partial charge in [0.15, 0.2) is 0 Å². The molecule has 1 saturated carbocycles. The van der Waals surface area contributed by atoms with Gasteiger partial charge in [-0.1, -0.05) is 18.2 Å². The van der Waals surface area contributed by atoms with Crippen molar-refractivity contribution in [2.45, 2.75) is 17.6 Å². The molecule has 1 amide bonds. The lowest BCUT2D eigenvalue weighted by Gasteiger charge is -2.13. The van der Waals surface area contributed by atoms with Crippen LogP contribution in [0.25, 0.3) is 10.9 Å². The summed E-state index contributed by atoms with van der Waals surface area (Å²) in [6, 6.07) is 9.29. The summed E-state index contributed by atoms with van der Waals surface area (Å²) < 4.78 is 11.4. The number of benzene rings is 1. The Hall–Kier alpha value is -1.75. The number of carbonyl (C=O) groups excluding carboxylic acids is 1. The third-order valence-electron chi connectivity index (χ3n) is 3.88. The van der Waals surface area contributed by atoms with Gasteiger partial charge in [0.05, 0.1) is 15.8 Å². The summed E-state index contributed by atoms with van der Waals surface area (Å²) >= 11 is 0. The Morgan fingerprint density at radius 1 is 1.35 bits per heavy atom. The van der Waals surface area contributed by atoms with Crippen LogP contribution in [0.1, 0.15) is 23.2 Å². The lowest BCUT2D eigenvalue weighted by atomic mass is 10.1. The van der Waals surface area contributed by atoms with Gasteiger partial charge in [0.2, 0.25) is 0 Å². The lowest BCUT2D eigenvalue weighted by Crippen LogP contribution is -2.35. The van der Waals surface area contributed by atoms with E-state index in [-0.39, 0.29) is 10.7 Å². The zero-order chi connectivity index (χ0) is 14.2. The average molecular weight is 288 g/mol. The molecular formula is C15H16N2O2S. The number of rotatable bonds is 4. The summed E-state index contributed by atoms with van der Waals surface area (Å²) in [4.78, 5) is 16.6. The molecule has 1 fully saturated rings. The van der Waals surface area contributed by atoms with Gasteiger partial charge in [0, 0.05) is 35.2 Å². The van der Waals surface area contributed by atoms with Crippen molar-refractivity contribution >= 4 is 27.6 Å². The Labute approximate surface area is 120 Å². The lowest BCUT2D eigenvalue weighted by molar-refractivity contribution is 0.0954. The summed E-state index contributed by atoms with van der Waals surface area (Å²) in [6.45, 7) is 0.478. The van der Waals surface area contributed by atoms with Gasteiger partial charge in [0.25, 0.3) is 5.91 Å². The van der Waals surface area contributed by atoms with Crippen LogP contribution >= 0.6 is 0 Å². The third kappa shape index (κ3) is 2.33. The third-order valence-corrected chi connectivity index (χ3v) is 5.65.